The number of alkyl halides is 3. The third-order valence-electron chi connectivity index (χ3n) is 6.99. The van der Waals surface area contributed by atoms with Crippen molar-refractivity contribution in [3.8, 4) is 39.7 Å². The van der Waals surface area contributed by atoms with E-state index >= 15 is 0 Å². The van der Waals surface area contributed by atoms with E-state index in [9.17, 15) is 23.1 Å². The number of ether oxygens (including phenoxy) is 2. The van der Waals surface area contributed by atoms with Crippen LogP contribution in [0.1, 0.15) is 46.6 Å². The van der Waals surface area contributed by atoms with Crippen molar-refractivity contribution in [3.05, 3.63) is 113 Å². The highest BCUT2D eigenvalue weighted by Gasteiger charge is 2.41. The molecule has 0 saturated heterocycles. The van der Waals surface area contributed by atoms with E-state index < -0.39 is 23.4 Å². The Labute approximate surface area is 252 Å². The van der Waals surface area contributed by atoms with Crippen molar-refractivity contribution in [2.24, 2.45) is 0 Å². The van der Waals surface area contributed by atoms with Gasteiger partial charge < -0.3 is 14.6 Å². The zero-order chi connectivity index (χ0) is 31.6. The topological polar surface area (TPSA) is 86.5 Å². The van der Waals surface area contributed by atoms with Crippen molar-refractivity contribution in [2.45, 2.75) is 46.6 Å². The van der Waals surface area contributed by atoms with Gasteiger partial charge in [-0.05, 0) is 91.9 Å². The highest BCUT2D eigenvalue weighted by molar-refractivity contribution is 5.89. The number of rotatable bonds is 9. The first-order valence-corrected chi connectivity index (χ1v) is 13.9. The second-order valence-corrected chi connectivity index (χ2v) is 10.6. The summed E-state index contributed by atoms with van der Waals surface area (Å²) in [5.41, 5.74) is 3.82. The molecular weight excluding hydrogens is 571 g/mol. The van der Waals surface area contributed by atoms with Gasteiger partial charge >= 0.3 is 12.1 Å². The smallest absolute Gasteiger partial charge is 0.434 e. The first-order chi connectivity index (χ1) is 20.9. The Kier molecular flexibility index (Phi) is 8.44. The first kappa shape index (κ1) is 30.3. The molecule has 5 aromatic rings. The van der Waals surface area contributed by atoms with Gasteiger partial charge in [-0.3, -0.25) is 0 Å². The number of nitrogens with zero attached hydrogens (tertiary/aromatic N) is 3. The molecule has 0 atom stereocenters. The second kappa shape index (κ2) is 12.2. The van der Waals surface area contributed by atoms with Crippen LogP contribution in [0.15, 0.2) is 85.1 Å². The summed E-state index contributed by atoms with van der Waals surface area (Å²) >= 11 is 0. The Bertz CT molecular complexity index is 1830. The largest absolute Gasteiger partial charge is 0.491 e. The van der Waals surface area contributed by atoms with Crippen molar-refractivity contribution < 1.29 is 32.5 Å². The van der Waals surface area contributed by atoms with Gasteiger partial charge in [0.25, 0.3) is 0 Å². The summed E-state index contributed by atoms with van der Waals surface area (Å²) in [6.07, 6.45) is -4.19. The molecule has 0 fully saturated rings. The van der Waals surface area contributed by atoms with Crippen LogP contribution >= 0.6 is 0 Å². The maximum absolute atomic E-state index is 13.8. The quantitative estimate of drug-likeness (QED) is 0.183. The van der Waals surface area contributed by atoms with E-state index in [0.717, 1.165) is 33.6 Å². The number of para-hydroxylation sites is 1. The van der Waals surface area contributed by atoms with E-state index in [1.165, 1.54) is 12.1 Å². The minimum Gasteiger partial charge on any atom is -0.491 e. The van der Waals surface area contributed by atoms with Crippen LogP contribution in [0.3, 0.4) is 0 Å². The molecule has 0 unspecified atom stereocenters. The molecule has 3 aromatic carbocycles. The number of benzene rings is 3. The lowest BCUT2D eigenvalue weighted by atomic mass is 9.97. The molecule has 0 spiro atoms. The molecule has 2 aromatic heterocycles. The molecule has 226 valence electrons. The van der Waals surface area contributed by atoms with Crippen molar-refractivity contribution >= 4 is 5.97 Å². The van der Waals surface area contributed by atoms with Crippen molar-refractivity contribution in [2.75, 3.05) is 0 Å². The lowest BCUT2D eigenvalue weighted by Gasteiger charge is -2.16. The number of carbonyl (C=O) groups is 1. The number of halogens is 3. The number of carboxylic acid groups (broad SMARTS) is 1. The standard InChI is InChI=1S/C34H30F3N3O4/c1-20(2)44-25-14-15-26(22(4)17-25)23-12-13-24(21(3)16-23)19-43-30-10-6-5-8-27(30)29-9-7-11-31(39-29)40-32(34(35,36)37)28(18-38-40)33(41)42/h5-18,20H,19H2,1-4H3,(H,41,42). The van der Waals surface area contributed by atoms with Gasteiger partial charge in [-0.25, -0.2) is 14.5 Å². The van der Waals surface area contributed by atoms with E-state index in [1.807, 2.05) is 45.0 Å². The van der Waals surface area contributed by atoms with Crippen molar-refractivity contribution in [1.82, 2.24) is 14.8 Å². The third kappa shape index (κ3) is 6.44. The van der Waals surface area contributed by atoms with Gasteiger partial charge in [0, 0.05) is 5.56 Å². The molecule has 0 aliphatic heterocycles. The number of aromatic carboxylic acids is 1. The maximum atomic E-state index is 13.8. The fourth-order valence-corrected chi connectivity index (χ4v) is 4.93. The SMILES string of the molecule is Cc1cc(-c2ccc(OC(C)C)cc2C)ccc1COc1ccccc1-c1cccc(-n2ncc(C(=O)O)c2C(F)(F)F)n1. The maximum Gasteiger partial charge on any atom is 0.434 e. The highest BCUT2D eigenvalue weighted by atomic mass is 19.4. The average molecular weight is 602 g/mol. The third-order valence-corrected chi connectivity index (χ3v) is 6.99. The minimum atomic E-state index is -4.96. The second-order valence-electron chi connectivity index (χ2n) is 10.6. The van der Waals surface area contributed by atoms with Gasteiger partial charge in [-0.1, -0.05) is 42.5 Å². The van der Waals surface area contributed by atoms with E-state index in [4.69, 9.17) is 9.47 Å². The molecule has 0 aliphatic rings. The number of aryl methyl sites for hydroxylation is 2. The first-order valence-electron chi connectivity index (χ1n) is 13.9. The van der Waals surface area contributed by atoms with Gasteiger partial charge in [0.15, 0.2) is 11.5 Å². The van der Waals surface area contributed by atoms with Gasteiger partial charge in [0.05, 0.1) is 18.0 Å². The van der Waals surface area contributed by atoms with Crippen LogP contribution in [0.25, 0.3) is 28.2 Å². The molecular formula is C34H30F3N3O4. The van der Waals surface area contributed by atoms with Crippen LogP contribution in [0.5, 0.6) is 11.5 Å². The molecule has 0 aliphatic carbocycles. The van der Waals surface area contributed by atoms with Crippen LogP contribution in [-0.2, 0) is 12.8 Å². The summed E-state index contributed by atoms with van der Waals surface area (Å²) < 4.78 is 53.9. The lowest BCUT2D eigenvalue weighted by molar-refractivity contribution is -0.143. The van der Waals surface area contributed by atoms with Gasteiger partial charge in [-0.2, -0.15) is 18.3 Å². The molecule has 0 amide bonds. The molecule has 5 rings (SSSR count). The van der Waals surface area contributed by atoms with E-state index in [1.54, 1.807) is 30.3 Å². The normalized spacial score (nSPS) is 11.5. The highest BCUT2D eigenvalue weighted by Crippen LogP contribution is 2.35. The molecule has 10 heteroatoms. The van der Waals surface area contributed by atoms with E-state index in [0.29, 0.717) is 27.9 Å². The zero-order valence-corrected chi connectivity index (χ0v) is 24.5. The molecule has 0 radical (unpaired) electrons. The van der Waals surface area contributed by atoms with Crippen LogP contribution < -0.4 is 9.47 Å². The van der Waals surface area contributed by atoms with Crippen LogP contribution in [-0.4, -0.2) is 31.9 Å². The van der Waals surface area contributed by atoms with E-state index in [-0.39, 0.29) is 18.5 Å². The Morgan fingerprint density at radius 3 is 2.39 bits per heavy atom. The predicted molar refractivity (Wildman–Crippen MR) is 160 cm³/mol. The minimum absolute atomic E-state index is 0.0947. The number of aromatic nitrogens is 3. The van der Waals surface area contributed by atoms with Crippen LogP contribution in [0.4, 0.5) is 13.2 Å². The summed E-state index contributed by atoms with van der Waals surface area (Å²) in [5, 5.41) is 12.9. The van der Waals surface area contributed by atoms with Gasteiger partial charge in [0.1, 0.15) is 23.7 Å². The van der Waals surface area contributed by atoms with E-state index in [2.05, 4.69) is 29.1 Å². The van der Waals surface area contributed by atoms with Gasteiger partial charge in [0.2, 0.25) is 0 Å². The Morgan fingerprint density at radius 1 is 0.932 bits per heavy atom. The number of hydrogen-bond acceptors (Lipinski definition) is 5. The Hall–Kier alpha value is -5.12. The Morgan fingerprint density at radius 2 is 1.70 bits per heavy atom. The molecule has 0 saturated carbocycles. The van der Waals surface area contributed by atoms with Crippen molar-refractivity contribution in [3.63, 3.8) is 0 Å². The number of pyridine rings is 1. The fourth-order valence-electron chi connectivity index (χ4n) is 4.93. The lowest BCUT2D eigenvalue weighted by Crippen LogP contribution is -2.18. The van der Waals surface area contributed by atoms with Gasteiger partial charge in [-0.15, -0.1) is 0 Å². The molecule has 0 bridgehead atoms. The van der Waals surface area contributed by atoms with Crippen molar-refractivity contribution in [1.29, 1.82) is 0 Å². The monoisotopic (exact) mass is 601 g/mol. The summed E-state index contributed by atoms with van der Waals surface area (Å²) in [7, 11) is 0. The molecule has 2 heterocycles. The average Bonchev–Trinajstić information content (AvgIpc) is 3.44. The molecule has 44 heavy (non-hydrogen) atoms. The van der Waals surface area contributed by atoms with Crippen LogP contribution in [0.2, 0.25) is 0 Å². The molecule has 1 N–H and O–H groups in total. The number of carboxylic acids is 1. The summed E-state index contributed by atoms with van der Waals surface area (Å²) in [6.45, 7) is 8.30. The fraction of sp³-hybridized carbons (Fsp3) is 0.206. The summed E-state index contributed by atoms with van der Waals surface area (Å²) in [5.74, 6) is -0.592. The summed E-state index contributed by atoms with van der Waals surface area (Å²) in [4.78, 5) is 15.8. The summed E-state index contributed by atoms with van der Waals surface area (Å²) in [6, 6.07) is 23.8. The predicted octanol–water partition coefficient (Wildman–Crippen LogP) is 8.30. The Balaban J connectivity index is 1.39. The van der Waals surface area contributed by atoms with Crippen LogP contribution in [0, 0.1) is 13.8 Å². The molecule has 7 nitrogen and oxygen atoms in total. The zero-order valence-electron chi connectivity index (χ0n) is 24.5. The number of hydrogen-bond donors (Lipinski definition) is 1.